The van der Waals surface area contributed by atoms with E-state index < -0.39 is 0 Å². The number of hydrogen-bond donors (Lipinski definition) is 1. The zero-order valence-electron chi connectivity index (χ0n) is 10.3. The zero-order valence-corrected chi connectivity index (χ0v) is 12.7. The molecule has 2 N–H and O–H groups in total. The highest BCUT2D eigenvalue weighted by Gasteiger charge is 2.05. The smallest absolute Gasteiger partial charge is 0.165 e. The summed E-state index contributed by atoms with van der Waals surface area (Å²) in [5.41, 5.74) is 7.53. The summed E-state index contributed by atoms with van der Waals surface area (Å²) in [5, 5.41) is 0. The SMILES string of the molecule is COc1ccc(CSc2ccc(Br)cc2N)cc1F. The fourth-order valence-electron chi connectivity index (χ4n) is 1.61. The van der Waals surface area contributed by atoms with Crippen molar-refractivity contribution < 1.29 is 9.13 Å². The van der Waals surface area contributed by atoms with Crippen LogP contribution in [0.3, 0.4) is 0 Å². The molecule has 19 heavy (non-hydrogen) atoms. The molecule has 2 nitrogen and oxygen atoms in total. The van der Waals surface area contributed by atoms with Crippen LogP contribution in [0.1, 0.15) is 5.56 Å². The van der Waals surface area contributed by atoms with Crippen LogP contribution in [0, 0.1) is 5.82 Å². The second kappa shape index (κ2) is 6.30. The lowest BCUT2D eigenvalue weighted by molar-refractivity contribution is 0.386. The van der Waals surface area contributed by atoms with Crippen LogP contribution in [0.25, 0.3) is 0 Å². The summed E-state index contributed by atoms with van der Waals surface area (Å²) < 4.78 is 19.4. The first-order valence-electron chi connectivity index (χ1n) is 5.60. The molecule has 2 aromatic carbocycles. The molecular formula is C14H13BrFNOS. The van der Waals surface area contributed by atoms with Gasteiger partial charge in [0.25, 0.3) is 0 Å². The molecule has 0 unspecified atom stereocenters. The third kappa shape index (κ3) is 3.64. The third-order valence-electron chi connectivity index (χ3n) is 2.58. The molecule has 0 radical (unpaired) electrons. The van der Waals surface area contributed by atoms with Crippen molar-refractivity contribution in [3.63, 3.8) is 0 Å². The number of benzene rings is 2. The summed E-state index contributed by atoms with van der Waals surface area (Å²) in [5.74, 6) is 0.577. The van der Waals surface area contributed by atoms with Crippen molar-refractivity contribution in [1.29, 1.82) is 0 Å². The van der Waals surface area contributed by atoms with Gasteiger partial charge in [-0.05, 0) is 35.9 Å². The van der Waals surface area contributed by atoms with Crippen LogP contribution in [-0.4, -0.2) is 7.11 Å². The molecule has 0 aliphatic heterocycles. The van der Waals surface area contributed by atoms with Gasteiger partial charge in [-0.15, -0.1) is 11.8 Å². The third-order valence-corrected chi connectivity index (χ3v) is 4.24. The first kappa shape index (κ1) is 14.2. The highest BCUT2D eigenvalue weighted by Crippen LogP contribution is 2.31. The average molecular weight is 342 g/mol. The van der Waals surface area contributed by atoms with E-state index in [2.05, 4.69) is 15.9 Å². The van der Waals surface area contributed by atoms with E-state index in [9.17, 15) is 4.39 Å². The molecule has 0 amide bonds. The lowest BCUT2D eigenvalue weighted by Gasteiger charge is -2.07. The van der Waals surface area contributed by atoms with E-state index in [0.717, 1.165) is 14.9 Å². The van der Waals surface area contributed by atoms with Crippen molar-refractivity contribution in [2.45, 2.75) is 10.6 Å². The summed E-state index contributed by atoms with van der Waals surface area (Å²) >= 11 is 4.94. The molecule has 2 rings (SSSR count). The molecule has 5 heteroatoms. The first-order chi connectivity index (χ1) is 9.10. The van der Waals surface area contributed by atoms with Crippen molar-refractivity contribution >= 4 is 33.4 Å². The Morgan fingerprint density at radius 2 is 2.05 bits per heavy atom. The Hall–Kier alpha value is -1.20. The predicted molar refractivity (Wildman–Crippen MR) is 81.1 cm³/mol. The summed E-state index contributed by atoms with van der Waals surface area (Å²) in [6, 6.07) is 10.7. The molecule has 0 saturated heterocycles. The number of nitrogens with two attached hydrogens (primary N) is 1. The maximum atomic E-state index is 13.5. The van der Waals surface area contributed by atoms with E-state index in [1.165, 1.54) is 13.2 Å². The van der Waals surface area contributed by atoms with Gasteiger partial charge in [0.05, 0.1) is 7.11 Å². The predicted octanol–water partition coefficient (Wildman–Crippen LogP) is 4.47. The Balaban J connectivity index is 2.08. The van der Waals surface area contributed by atoms with Crippen molar-refractivity contribution in [2.24, 2.45) is 0 Å². The van der Waals surface area contributed by atoms with Gasteiger partial charge in [-0.1, -0.05) is 22.0 Å². The maximum Gasteiger partial charge on any atom is 0.165 e. The second-order valence-electron chi connectivity index (χ2n) is 3.94. The first-order valence-corrected chi connectivity index (χ1v) is 7.38. The van der Waals surface area contributed by atoms with E-state index in [1.807, 2.05) is 24.3 Å². The minimum atomic E-state index is -0.343. The monoisotopic (exact) mass is 341 g/mol. The Morgan fingerprint density at radius 1 is 1.26 bits per heavy atom. The number of anilines is 1. The molecular weight excluding hydrogens is 329 g/mol. The van der Waals surface area contributed by atoms with Crippen LogP contribution >= 0.6 is 27.7 Å². The molecule has 0 fully saturated rings. The summed E-state index contributed by atoms with van der Waals surface area (Å²) in [4.78, 5) is 0.986. The van der Waals surface area contributed by atoms with E-state index in [0.29, 0.717) is 11.4 Å². The van der Waals surface area contributed by atoms with E-state index in [1.54, 1.807) is 17.8 Å². The van der Waals surface area contributed by atoms with E-state index in [4.69, 9.17) is 10.5 Å². The molecule has 0 heterocycles. The van der Waals surface area contributed by atoms with Crippen molar-refractivity contribution in [3.8, 4) is 5.75 Å². The normalized spacial score (nSPS) is 10.5. The highest BCUT2D eigenvalue weighted by molar-refractivity contribution is 9.10. The molecule has 0 aliphatic rings. The number of halogens is 2. The van der Waals surface area contributed by atoms with Crippen molar-refractivity contribution in [1.82, 2.24) is 0 Å². The van der Waals surface area contributed by atoms with Gasteiger partial charge in [0.2, 0.25) is 0 Å². The summed E-state index contributed by atoms with van der Waals surface area (Å²) in [7, 11) is 1.45. The van der Waals surface area contributed by atoms with Gasteiger partial charge in [-0.3, -0.25) is 0 Å². The van der Waals surface area contributed by atoms with Crippen LogP contribution in [0.2, 0.25) is 0 Å². The number of ether oxygens (including phenoxy) is 1. The van der Waals surface area contributed by atoms with Crippen LogP contribution in [-0.2, 0) is 5.75 Å². The number of nitrogen functional groups attached to an aromatic ring is 1. The maximum absolute atomic E-state index is 13.5. The van der Waals surface area contributed by atoms with Crippen LogP contribution < -0.4 is 10.5 Å². The standard InChI is InChI=1S/C14H13BrFNOS/c1-18-13-4-2-9(6-11(13)16)8-19-14-5-3-10(15)7-12(14)17/h2-7H,8,17H2,1H3. The van der Waals surface area contributed by atoms with Gasteiger partial charge in [0, 0.05) is 20.8 Å². The average Bonchev–Trinajstić information content (AvgIpc) is 2.38. The lowest BCUT2D eigenvalue weighted by atomic mass is 10.2. The van der Waals surface area contributed by atoms with Crippen LogP contribution in [0.15, 0.2) is 45.8 Å². The molecule has 0 aliphatic carbocycles. The summed E-state index contributed by atoms with van der Waals surface area (Å²) in [6.07, 6.45) is 0. The number of thioether (sulfide) groups is 1. The topological polar surface area (TPSA) is 35.2 Å². The molecule has 0 atom stereocenters. The fourth-order valence-corrected chi connectivity index (χ4v) is 2.88. The highest BCUT2D eigenvalue weighted by atomic mass is 79.9. The zero-order chi connectivity index (χ0) is 13.8. The van der Waals surface area contributed by atoms with Gasteiger partial charge in [-0.25, -0.2) is 4.39 Å². The minimum absolute atomic E-state index is 0.261. The largest absolute Gasteiger partial charge is 0.494 e. The van der Waals surface area contributed by atoms with Gasteiger partial charge >= 0.3 is 0 Å². The van der Waals surface area contributed by atoms with Crippen LogP contribution in [0.4, 0.5) is 10.1 Å². The Bertz CT molecular complexity index is 592. The Labute approximate surface area is 124 Å². The minimum Gasteiger partial charge on any atom is -0.494 e. The Kier molecular flexibility index (Phi) is 4.71. The molecule has 2 aromatic rings. The molecule has 0 bridgehead atoms. The molecule has 0 aromatic heterocycles. The molecule has 100 valence electrons. The Morgan fingerprint density at radius 3 is 2.68 bits per heavy atom. The van der Waals surface area contributed by atoms with Gasteiger partial charge < -0.3 is 10.5 Å². The van der Waals surface area contributed by atoms with Gasteiger partial charge in [-0.2, -0.15) is 0 Å². The van der Waals surface area contributed by atoms with Gasteiger partial charge in [0.1, 0.15) is 0 Å². The fraction of sp³-hybridized carbons (Fsp3) is 0.143. The number of rotatable bonds is 4. The summed E-state index contributed by atoms with van der Waals surface area (Å²) in [6.45, 7) is 0. The van der Waals surface area contributed by atoms with E-state index >= 15 is 0 Å². The lowest BCUT2D eigenvalue weighted by Crippen LogP contribution is -1.91. The van der Waals surface area contributed by atoms with Gasteiger partial charge in [0.15, 0.2) is 11.6 Å². The van der Waals surface area contributed by atoms with Crippen LogP contribution in [0.5, 0.6) is 5.75 Å². The number of hydrogen-bond acceptors (Lipinski definition) is 3. The second-order valence-corrected chi connectivity index (χ2v) is 5.87. The van der Waals surface area contributed by atoms with E-state index in [-0.39, 0.29) is 11.6 Å². The van der Waals surface area contributed by atoms with Crippen molar-refractivity contribution in [3.05, 3.63) is 52.3 Å². The quantitative estimate of drug-likeness (QED) is 0.658. The number of methoxy groups -OCH3 is 1. The van der Waals surface area contributed by atoms with Crippen molar-refractivity contribution in [2.75, 3.05) is 12.8 Å². The molecule has 0 spiro atoms. The molecule has 0 saturated carbocycles.